The second-order valence-corrected chi connectivity index (χ2v) is 5.12. The van der Waals surface area contributed by atoms with Gasteiger partial charge in [0, 0.05) is 24.7 Å². The molecule has 0 bridgehead atoms. The number of carbonyl (C=O) groups is 1. The van der Waals surface area contributed by atoms with Gasteiger partial charge in [-0.05, 0) is 29.8 Å². The molecule has 3 rings (SSSR count). The molecule has 0 fully saturated rings. The van der Waals surface area contributed by atoms with Crippen LogP contribution in [0.4, 0.5) is 21.9 Å². The number of rotatable bonds is 2. The summed E-state index contributed by atoms with van der Waals surface area (Å²) in [4.78, 5) is 10.9. The number of nitrogens with two attached hydrogens (primary N) is 1. The van der Waals surface area contributed by atoms with E-state index in [4.69, 9.17) is 5.73 Å². The number of fused-ring (bicyclic) bond motifs is 1. The van der Waals surface area contributed by atoms with Crippen LogP contribution in [0, 0.1) is 0 Å². The van der Waals surface area contributed by atoms with Crippen LogP contribution in [-0.2, 0) is 0 Å². The number of carbonyl (C=O) groups excluding carboxylic acids is 1. The Morgan fingerprint density at radius 1 is 1.05 bits per heavy atom. The quantitative estimate of drug-likeness (QED) is 0.684. The largest absolute Gasteiger partial charge is 0.383 e. The molecule has 0 aromatic heterocycles. The Labute approximate surface area is 123 Å². The van der Waals surface area contributed by atoms with Crippen molar-refractivity contribution in [3.05, 3.63) is 54.1 Å². The highest BCUT2D eigenvalue weighted by Gasteiger charge is 2.16. The van der Waals surface area contributed by atoms with Gasteiger partial charge < -0.3 is 21.7 Å². The third-order valence-corrected chi connectivity index (χ3v) is 3.63. The minimum atomic E-state index is -0.545. The molecule has 2 amide bonds. The van der Waals surface area contributed by atoms with Crippen LogP contribution < -0.4 is 21.7 Å². The Morgan fingerprint density at radius 2 is 1.71 bits per heavy atom. The molecule has 0 unspecified atom stereocenters. The first-order valence-electron chi connectivity index (χ1n) is 6.95. The maximum absolute atomic E-state index is 10.9. The van der Waals surface area contributed by atoms with Crippen LogP contribution in [0.25, 0.3) is 0 Å². The summed E-state index contributed by atoms with van der Waals surface area (Å²) in [6.45, 7) is 1.67. The van der Waals surface area contributed by atoms with Crippen molar-refractivity contribution in [3.8, 4) is 0 Å². The molecule has 1 heterocycles. The van der Waals surface area contributed by atoms with E-state index in [-0.39, 0.29) is 0 Å². The Hall–Kier alpha value is -2.69. The lowest BCUT2D eigenvalue weighted by molar-refractivity contribution is 0.259. The SMILES string of the molecule is NC(=O)Nc1cccc(C2CNc3ccccc3NC2)c1. The molecule has 2 aromatic rings. The minimum Gasteiger partial charge on any atom is -0.383 e. The average Bonchev–Trinajstić information content (AvgIpc) is 2.69. The lowest BCUT2D eigenvalue weighted by atomic mass is 9.98. The average molecular weight is 282 g/mol. The molecule has 2 aromatic carbocycles. The minimum absolute atomic E-state index is 0.312. The summed E-state index contributed by atoms with van der Waals surface area (Å²) in [6, 6.07) is 15.4. The first-order chi connectivity index (χ1) is 10.2. The number of primary amides is 1. The van der Waals surface area contributed by atoms with Crippen molar-refractivity contribution in [1.82, 2.24) is 0 Å². The Kier molecular flexibility index (Phi) is 3.64. The maximum Gasteiger partial charge on any atom is 0.316 e. The number of hydrogen-bond donors (Lipinski definition) is 4. The van der Waals surface area contributed by atoms with Crippen molar-refractivity contribution >= 4 is 23.1 Å². The predicted octanol–water partition coefficient (Wildman–Crippen LogP) is 2.80. The highest BCUT2D eigenvalue weighted by atomic mass is 16.2. The van der Waals surface area contributed by atoms with Crippen LogP contribution in [0.3, 0.4) is 0 Å². The lowest BCUT2D eigenvalue weighted by Crippen LogP contribution is -2.20. The standard InChI is InChI=1S/C16H18N4O/c17-16(21)20-13-5-3-4-11(8-13)12-9-18-14-6-1-2-7-15(14)19-10-12/h1-8,12,18-19H,9-10H2,(H3,17,20,21). The topological polar surface area (TPSA) is 79.2 Å². The molecule has 1 aliphatic rings. The smallest absolute Gasteiger partial charge is 0.316 e. The van der Waals surface area contributed by atoms with Crippen molar-refractivity contribution in [2.24, 2.45) is 5.73 Å². The number of amides is 2. The number of nitrogens with one attached hydrogen (secondary N) is 3. The van der Waals surface area contributed by atoms with E-state index in [0.29, 0.717) is 5.92 Å². The summed E-state index contributed by atoms with van der Waals surface area (Å²) < 4.78 is 0. The monoisotopic (exact) mass is 282 g/mol. The van der Waals surface area contributed by atoms with Gasteiger partial charge in [-0.15, -0.1) is 0 Å². The highest BCUT2D eigenvalue weighted by Crippen LogP contribution is 2.28. The molecule has 0 atom stereocenters. The summed E-state index contributed by atoms with van der Waals surface area (Å²) in [5, 5.41) is 9.53. The van der Waals surface area contributed by atoms with E-state index in [1.807, 2.05) is 30.3 Å². The summed E-state index contributed by atoms with van der Waals surface area (Å²) in [7, 11) is 0. The van der Waals surface area contributed by atoms with E-state index in [9.17, 15) is 4.79 Å². The zero-order chi connectivity index (χ0) is 14.7. The van der Waals surface area contributed by atoms with Gasteiger partial charge in [-0.1, -0.05) is 24.3 Å². The van der Waals surface area contributed by atoms with Crippen LogP contribution in [0.1, 0.15) is 11.5 Å². The summed E-state index contributed by atoms with van der Waals surface area (Å²) in [6.07, 6.45) is 0. The summed E-state index contributed by atoms with van der Waals surface area (Å²) in [5.41, 5.74) is 9.28. The molecule has 0 saturated heterocycles. The van der Waals surface area contributed by atoms with E-state index in [0.717, 1.165) is 35.7 Å². The molecule has 0 saturated carbocycles. The zero-order valence-corrected chi connectivity index (χ0v) is 11.6. The molecule has 0 spiro atoms. The van der Waals surface area contributed by atoms with E-state index in [1.54, 1.807) is 0 Å². The normalized spacial score (nSPS) is 14.3. The molecular formula is C16H18N4O. The maximum atomic E-state index is 10.9. The fourth-order valence-electron chi connectivity index (χ4n) is 2.58. The van der Waals surface area contributed by atoms with Crippen LogP contribution in [-0.4, -0.2) is 19.1 Å². The number of benzene rings is 2. The summed E-state index contributed by atoms with van der Waals surface area (Å²) in [5.74, 6) is 0.312. The molecule has 0 radical (unpaired) electrons. The van der Waals surface area contributed by atoms with Gasteiger partial charge in [0.2, 0.25) is 0 Å². The van der Waals surface area contributed by atoms with Gasteiger partial charge in [0.15, 0.2) is 0 Å². The predicted molar refractivity (Wildman–Crippen MR) is 85.8 cm³/mol. The van der Waals surface area contributed by atoms with Gasteiger partial charge >= 0.3 is 6.03 Å². The summed E-state index contributed by atoms with van der Waals surface area (Å²) >= 11 is 0. The van der Waals surface area contributed by atoms with E-state index < -0.39 is 6.03 Å². The Bertz CT molecular complexity index is 629. The van der Waals surface area contributed by atoms with Crippen LogP contribution in [0.15, 0.2) is 48.5 Å². The van der Waals surface area contributed by atoms with Gasteiger partial charge in [0.1, 0.15) is 0 Å². The second-order valence-electron chi connectivity index (χ2n) is 5.12. The van der Waals surface area contributed by atoms with Crippen molar-refractivity contribution in [1.29, 1.82) is 0 Å². The van der Waals surface area contributed by atoms with Crippen molar-refractivity contribution < 1.29 is 4.79 Å². The van der Waals surface area contributed by atoms with Crippen LogP contribution >= 0.6 is 0 Å². The lowest BCUT2D eigenvalue weighted by Gasteiger charge is -2.16. The van der Waals surface area contributed by atoms with Crippen molar-refractivity contribution in [2.75, 3.05) is 29.0 Å². The molecule has 5 N–H and O–H groups in total. The Balaban J connectivity index is 1.78. The second kappa shape index (κ2) is 5.75. The van der Waals surface area contributed by atoms with Crippen LogP contribution in [0.5, 0.6) is 0 Å². The van der Waals surface area contributed by atoms with E-state index in [1.165, 1.54) is 0 Å². The van der Waals surface area contributed by atoms with E-state index >= 15 is 0 Å². The highest BCUT2D eigenvalue weighted by molar-refractivity contribution is 5.87. The third kappa shape index (κ3) is 3.08. The first-order valence-corrected chi connectivity index (χ1v) is 6.95. The zero-order valence-electron chi connectivity index (χ0n) is 11.6. The van der Waals surface area contributed by atoms with Gasteiger partial charge in [0.05, 0.1) is 11.4 Å². The van der Waals surface area contributed by atoms with Gasteiger partial charge in [-0.2, -0.15) is 0 Å². The fraction of sp³-hybridized carbons (Fsp3) is 0.188. The van der Waals surface area contributed by atoms with Crippen molar-refractivity contribution in [2.45, 2.75) is 5.92 Å². The van der Waals surface area contributed by atoms with E-state index in [2.05, 4.69) is 34.1 Å². The number of urea groups is 1. The molecule has 5 heteroatoms. The molecule has 108 valence electrons. The van der Waals surface area contributed by atoms with Gasteiger partial charge in [-0.25, -0.2) is 4.79 Å². The molecular weight excluding hydrogens is 264 g/mol. The van der Waals surface area contributed by atoms with Crippen molar-refractivity contribution in [3.63, 3.8) is 0 Å². The van der Waals surface area contributed by atoms with Gasteiger partial charge in [0.25, 0.3) is 0 Å². The first kappa shape index (κ1) is 13.3. The van der Waals surface area contributed by atoms with Gasteiger partial charge in [-0.3, -0.25) is 0 Å². The fourth-order valence-corrected chi connectivity index (χ4v) is 2.58. The molecule has 1 aliphatic heterocycles. The molecule has 0 aliphatic carbocycles. The number of anilines is 3. The number of hydrogen-bond acceptors (Lipinski definition) is 3. The third-order valence-electron chi connectivity index (χ3n) is 3.63. The van der Waals surface area contributed by atoms with Crippen LogP contribution in [0.2, 0.25) is 0 Å². The molecule has 21 heavy (non-hydrogen) atoms. The Morgan fingerprint density at radius 3 is 2.33 bits per heavy atom. The number of para-hydroxylation sites is 2. The molecule has 5 nitrogen and oxygen atoms in total.